The maximum atomic E-state index is 12.2. The highest BCUT2D eigenvalue weighted by Gasteiger charge is 2.18. The van der Waals surface area contributed by atoms with Crippen LogP contribution in [0.25, 0.3) is 0 Å². The van der Waals surface area contributed by atoms with Gasteiger partial charge in [-0.05, 0) is 41.7 Å². The Morgan fingerprint density at radius 3 is 2.43 bits per heavy atom. The third kappa shape index (κ3) is 3.63. The maximum absolute atomic E-state index is 12.2. The van der Waals surface area contributed by atoms with E-state index in [9.17, 15) is 13.2 Å². The number of hydrogen-bond donors (Lipinski definition) is 2. The predicted octanol–water partition coefficient (Wildman–Crippen LogP) is 1.56. The van der Waals surface area contributed by atoms with Crippen LogP contribution in [0.5, 0.6) is 0 Å². The summed E-state index contributed by atoms with van der Waals surface area (Å²) < 4.78 is 26.1. The zero-order valence-corrected chi connectivity index (χ0v) is 13.0. The van der Waals surface area contributed by atoms with Gasteiger partial charge < -0.3 is 5.32 Å². The average molecular weight is 326 g/mol. The number of carbonyl (C=O) groups is 1. The Bertz CT molecular complexity index is 751. The lowest BCUT2D eigenvalue weighted by Gasteiger charge is -2.06. The first-order chi connectivity index (χ1) is 9.79. The van der Waals surface area contributed by atoms with Gasteiger partial charge in [0, 0.05) is 5.69 Å². The number of nitrogens with one attached hydrogen (secondary N) is 1. The number of hydrogen-bond acceptors (Lipinski definition) is 6. The molecule has 112 valence electrons. The summed E-state index contributed by atoms with van der Waals surface area (Å²) in [6, 6.07) is 5.61. The zero-order valence-electron chi connectivity index (χ0n) is 11.4. The summed E-state index contributed by atoms with van der Waals surface area (Å²) in [6.07, 6.45) is 0. The van der Waals surface area contributed by atoms with Crippen LogP contribution in [0, 0.1) is 0 Å². The summed E-state index contributed by atoms with van der Waals surface area (Å²) in [5.41, 5.74) is 1.11. The summed E-state index contributed by atoms with van der Waals surface area (Å²) in [7, 11) is -3.74. The number of aromatic nitrogens is 2. The first kappa shape index (κ1) is 15.5. The Hall–Kier alpha value is -1.84. The van der Waals surface area contributed by atoms with Crippen molar-refractivity contribution in [1.29, 1.82) is 0 Å². The molecule has 1 aromatic carbocycles. The van der Waals surface area contributed by atoms with E-state index in [1.807, 2.05) is 13.8 Å². The van der Waals surface area contributed by atoms with E-state index in [0.29, 0.717) is 16.3 Å². The highest BCUT2D eigenvalue weighted by molar-refractivity contribution is 7.89. The second kappa shape index (κ2) is 5.88. The third-order valence-corrected chi connectivity index (χ3v) is 4.38. The number of nitrogens with two attached hydrogens (primary N) is 1. The minimum absolute atomic E-state index is 0.0113. The van der Waals surface area contributed by atoms with Gasteiger partial charge in [-0.1, -0.05) is 18.3 Å². The van der Waals surface area contributed by atoms with Gasteiger partial charge in [-0.3, -0.25) is 4.79 Å². The van der Waals surface area contributed by atoms with Gasteiger partial charge >= 0.3 is 0 Å². The van der Waals surface area contributed by atoms with Crippen LogP contribution in [0.2, 0.25) is 0 Å². The fraction of sp³-hybridized carbons (Fsp3) is 0.250. The second-order valence-corrected chi connectivity index (χ2v) is 6.98. The molecule has 0 radical (unpaired) electrons. The summed E-state index contributed by atoms with van der Waals surface area (Å²) in [5.74, 6) is -0.230. The Labute approximate surface area is 126 Å². The minimum Gasteiger partial charge on any atom is -0.321 e. The fourth-order valence-corrected chi connectivity index (χ4v) is 2.88. The maximum Gasteiger partial charge on any atom is 0.269 e. The van der Waals surface area contributed by atoms with Crippen LogP contribution in [0.4, 0.5) is 5.69 Å². The number of amides is 1. The van der Waals surface area contributed by atoms with Gasteiger partial charge in [0.15, 0.2) is 0 Å². The van der Waals surface area contributed by atoms with E-state index in [2.05, 4.69) is 14.9 Å². The molecule has 0 atom stereocenters. The largest absolute Gasteiger partial charge is 0.321 e. The first-order valence-corrected chi connectivity index (χ1v) is 8.37. The number of rotatable bonds is 4. The molecule has 0 fully saturated rings. The Morgan fingerprint density at radius 2 is 1.90 bits per heavy atom. The van der Waals surface area contributed by atoms with Crippen molar-refractivity contribution in [2.75, 3.05) is 5.32 Å². The molecule has 0 aliphatic carbocycles. The molecule has 2 rings (SSSR count). The standard InChI is InChI=1S/C12H14N4O3S2/c1-7(2)10-11(20-16-15-10)12(17)14-8-3-5-9(6-4-8)21(13,18)19/h3-7H,1-2H3,(H,14,17)(H2,13,18,19). The molecule has 7 nitrogen and oxygen atoms in total. The van der Waals surface area contributed by atoms with Gasteiger partial charge in [-0.2, -0.15) is 0 Å². The van der Waals surface area contributed by atoms with Gasteiger partial charge in [0.05, 0.1) is 10.6 Å². The van der Waals surface area contributed by atoms with Crippen LogP contribution >= 0.6 is 11.5 Å². The van der Waals surface area contributed by atoms with Crippen molar-refractivity contribution < 1.29 is 13.2 Å². The van der Waals surface area contributed by atoms with E-state index in [4.69, 9.17) is 5.14 Å². The van der Waals surface area contributed by atoms with Crippen LogP contribution in [0.1, 0.15) is 35.1 Å². The van der Waals surface area contributed by atoms with Crippen molar-refractivity contribution in [3.8, 4) is 0 Å². The topological polar surface area (TPSA) is 115 Å². The number of nitrogens with zero attached hydrogens (tertiary/aromatic N) is 2. The Balaban J connectivity index is 2.18. The molecular formula is C12H14N4O3S2. The summed E-state index contributed by atoms with van der Waals surface area (Å²) in [6.45, 7) is 3.85. The third-order valence-electron chi connectivity index (χ3n) is 2.71. The number of sulfonamides is 1. The van der Waals surface area contributed by atoms with Crippen molar-refractivity contribution in [3.05, 3.63) is 34.8 Å². The molecule has 3 N–H and O–H groups in total. The molecule has 9 heteroatoms. The quantitative estimate of drug-likeness (QED) is 0.884. The normalized spacial score (nSPS) is 11.6. The van der Waals surface area contributed by atoms with Crippen molar-refractivity contribution in [3.63, 3.8) is 0 Å². The number of carbonyl (C=O) groups excluding carboxylic acids is 1. The molecule has 1 aromatic heterocycles. The summed E-state index contributed by atoms with van der Waals surface area (Å²) >= 11 is 1.02. The lowest BCUT2D eigenvalue weighted by atomic mass is 10.1. The molecule has 0 saturated carbocycles. The monoisotopic (exact) mass is 326 g/mol. The summed E-state index contributed by atoms with van der Waals surface area (Å²) in [4.78, 5) is 12.6. The van der Waals surface area contributed by atoms with Crippen molar-refractivity contribution in [2.24, 2.45) is 5.14 Å². The van der Waals surface area contributed by atoms with Gasteiger partial charge in [0.25, 0.3) is 5.91 Å². The van der Waals surface area contributed by atoms with E-state index < -0.39 is 10.0 Å². The van der Waals surface area contributed by atoms with Gasteiger partial charge in [-0.15, -0.1) is 5.10 Å². The van der Waals surface area contributed by atoms with Crippen molar-refractivity contribution >= 4 is 33.2 Å². The van der Waals surface area contributed by atoms with Crippen LogP contribution in [-0.2, 0) is 10.0 Å². The highest BCUT2D eigenvalue weighted by atomic mass is 32.2. The van der Waals surface area contributed by atoms with E-state index >= 15 is 0 Å². The predicted molar refractivity (Wildman–Crippen MR) is 79.8 cm³/mol. The highest BCUT2D eigenvalue weighted by Crippen LogP contribution is 2.21. The molecule has 1 heterocycles. The van der Waals surface area contributed by atoms with Crippen LogP contribution in [0.15, 0.2) is 29.2 Å². The van der Waals surface area contributed by atoms with Crippen LogP contribution < -0.4 is 10.5 Å². The molecule has 0 bridgehead atoms. The van der Waals surface area contributed by atoms with Gasteiger partial charge in [-0.25, -0.2) is 13.6 Å². The molecule has 21 heavy (non-hydrogen) atoms. The molecular weight excluding hydrogens is 312 g/mol. The average Bonchev–Trinajstić information content (AvgIpc) is 2.87. The smallest absolute Gasteiger partial charge is 0.269 e. The first-order valence-electron chi connectivity index (χ1n) is 6.05. The van der Waals surface area contributed by atoms with Crippen LogP contribution in [0.3, 0.4) is 0 Å². The fourth-order valence-electron chi connectivity index (χ4n) is 1.65. The molecule has 0 saturated heterocycles. The molecule has 2 aromatic rings. The Morgan fingerprint density at radius 1 is 1.29 bits per heavy atom. The summed E-state index contributed by atoms with van der Waals surface area (Å²) in [5, 5.41) is 11.6. The number of primary sulfonamides is 1. The number of anilines is 1. The minimum atomic E-state index is -3.74. The lowest BCUT2D eigenvalue weighted by molar-refractivity contribution is 0.102. The van der Waals surface area contributed by atoms with E-state index in [1.54, 1.807) is 0 Å². The van der Waals surface area contributed by atoms with Crippen LogP contribution in [-0.4, -0.2) is 23.9 Å². The Kier molecular flexibility index (Phi) is 4.35. The zero-order chi connectivity index (χ0) is 15.6. The van der Waals surface area contributed by atoms with Crippen molar-refractivity contribution in [2.45, 2.75) is 24.7 Å². The molecule has 0 aliphatic rings. The lowest BCUT2D eigenvalue weighted by Crippen LogP contribution is -2.14. The van der Waals surface area contributed by atoms with E-state index in [-0.39, 0.29) is 16.7 Å². The SMILES string of the molecule is CC(C)c1nnsc1C(=O)Nc1ccc(S(N)(=O)=O)cc1. The van der Waals surface area contributed by atoms with Crippen molar-refractivity contribution in [1.82, 2.24) is 9.59 Å². The number of benzene rings is 1. The molecule has 0 aliphatic heterocycles. The molecule has 1 amide bonds. The molecule has 0 spiro atoms. The second-order valence-electron chi connectivity index (χ2n) is 4.67. The molecule has 0 unspecified atom stereocenters. The van der Waals surface area contributed by atoms with E-state index in [0.717, 1.165) is 11.5 Å². The van der Waals surface area contributed by atoms with E-state index in [1.165, 1.54) is 24.3 Å². The van der Waals surface area contributed by atoms with Gasteiger partial charge in [0.1, 0.15) is 4.88 Å². The van der Waals surface area contributed by atoms with Gasteiger partial charge in [0.2, 0.25) is 10.0 Å².